The SMILES string of the molecule is CN=[NH2+].COC(=O)c1cc(N)c2nccn2c1. The van der Waals surface area contributed by atoms with Crippen LogP contribution < -0.4 is 11.3 Å². The van der Waals surface area contributed by atoms with E-state index in [0.717, 1.165) is 0 Å². The number of hydrogen-bond donors (Lipinski definition) is 2. The molecule has 2 aromatic rings. The molecule has 4 N–H and O–H groups in total. The lowest BCUT2D eigenvalue weighted by atomic mass is 10.2. The number of rotatable bonds is 1. The smallest absolute Gasteiger partial charge is 0.339 e. The number of nitrogen functional groups attached to an aromatic ring is 1. The zero-order chi connectivity index (χ0) is 12.8. The Bertz CT molecular complexity index is 534. The third kappa shape index (κ3) is 2.77. The molecular formula is C10H14N5O2+. The number of esters is 1. The largest absolute Gasteiger partial charge is 0.465 e. The van der Waals surface area contributed by atoms with Crippen molar-refractivity contribution in [2.24, 2.45) is 5.11 Å². The van der Waals surface area contributed by atoms with E-state index < -0.39 is 5.97 Å². The Morgan fingerprint density at radius 3 is 2.88 bits per heavy atom. The maximum Gasteiger partial charge on any atom is 0.339 e. The second-order valence-corrected chi connectivity index (χ2v) is 3.09. The zero-order valence-electron chi connectivity index (χ0n) is 9.62. The van der Waals surface area contributed by atoms with Crippen LogP contribution in [0.3, 0.4) is 0 Å². The van der Waals surface area contributed by atoms with Crippen molar-refractivity contribution in [3.8, 4) is 0 Å². The van der Waals surface area contributed by atoms with Gasteiger partial charge in [-0.2, -0.15) is 5.53 Å². The van der Waals surface area contributed by atoms with Crippen molar-refractivity contribution in [1.82, 2.24) is 9.38 Å². The Morgan fingerprint density at radius 1 is 1.65 bits per heavy atom. The number of carbonyl (C=O) groups excluding carboxylic acids is 1. The lowest BCUT2D eigenvalue weighted by Crippen LogP contribution is -2.21. The predicted molar refractivity (Wildman–Crippen MR) is 61.2 cm³/mol. The van der Waals surface area contributed by atoms with Gasteiger partial charge in [-0.3, -0.25) is 0 Å². The summed E-state index contributed by atoms with van der Waals surface area (Å²) in [5, 5.41) is 3.00. The third-order valence-electron chi connectivity index (χ3n) is 1.94. The first-order chi connectivity index (χ1) is 8.13. The molecule has 0 saturated carbocycles. The molecule has 90 valence electrons. The molecule has 0 atom stereocenters. The van der Waals surface area contributed by atoms with Crippen LogP contribution in [0.15, 0.2) is 29.8 Å². The van der Waals surface area contributed by atoms with Crippen LogP contribution in [0.1, 0.15) is 10.4 Å². The molecule has 0 amide bonds. The molecule has 0 radical (unpaired) electrons. The van der Waals surface area contributed by atoms with E-state index in [-0.39, 0.29) is 0 Å². The van der Waals surface area contributed by atoms with Crippen molar-refractivity contribution >= 4 is 17.3 Å². The van der Waals surface area contributed by atoms with Crippen LogP contribution in [0.2, 0.25) is 0 Å². The number of pyridine rings is 1. The molecule has 7 nitrogen and oxygen atoms in total. The summed E-state index contributed by atoms with van der Waals surface area (Å²) in [5.41, 5.74) is 11.7. The summed E-state index contributed by atoms with van der Waals surface area (Å²) in [4.78, 5) is 15.3. The van der Waals surface area contributed by atoms with Gasteiger partial charge in [0.05, 0.1) is 25.4 Å². The number of nitrogens with zero attached hydrogens (tertiary/aromatic N) is 3. The second kappa shape index (κ2) is 5.59. The van der Waals surface area contributed by atoms with Crippen molar-refractivity contribution in [3.63, 3.8) is 0 Å². The van der Waals surface area contributed by atoms with Gasteiger partial charge < -0.3 is 14.9 Å². The summed E-state index contributed by atoms with van der Waals surface area (Å²) in [6.07, 6.45) is 4.97. The minimum atomic E-state index is -0.410. The average Bonchev–Trinajstić information content (AvgIpc) is 2.77. The van der Waals surface area contributed by atoms with Crippen molar-refractivity contribution < 1.29 is 15.1 Å². The second-order valence-electron chi connectivity index (χ2n) is 3.09. The van der Waals surface area contributed by atoms with Crippen LogP contribution in [0.5, 0.6) is 0 Å². The number of fused-ring (bicyclic) bond motifs is 1. The van der Waals surface area contributed by atoms with Gasteiger partial charge >= 0.3 is 5.97 Å². The summed E-state index contributed by atoms with van der Waals surface area (Å²) in [6, 6.07) is 1.55. The fourth-order valence-electron chi connectivity index (χ4n) is 1.29. The van der Waals surface area contributed by atoms with E-state index in [4.69, 9.17) is 5.73 Å². The number of imidazole rings is 1. The molecule has 2 heterocycles. The summed E-state index contributed by atoms with van der Waals surface area (Å²) in [5.74, 6) is -0.410. The minimum absolute atomic E-state index is 0.410. The van der Waals surface area contributed by atoms with Gasteiger partial charge in [-0.05, 0) is 6.07 Å². The van der Waals surface area contributed by atoms with E-state index in [1.165, 1.54) is 14.2 Å². The first kappa shape index (κ1) is 12.6. The van der Waals surface area contributed by atoms with Gasteiger partial charge in [-0.1, -0.05) is 5.11 Å². The van der Waals surface area contributed by atoms with Crippen LogP contribution in [0.25, 0.3) is 5.65 Å². The van der Waals surface area contributed by atoms with E-state index in [1.54, 1.807) is 29.1 Å². The van der Waals surface area contributed by atoms with Crippen molar-refractivity contribution in [1.29, 1.82) is 0 Å². The average molecular weight is 236 g/mol. The van der Waals surface area contributed by atoms with Crippen LogP contribution in [0.4, 0.5) is 5.69 Å². The normalized spacial score (nSPS) is 9.29. The van der Waals surface area contributed by atoms with Crippen LogP contribution in [0, 0.1) is 0 Å². The van der Waals surface area contributed by atoms with E-state index in [2.05, 4.69) is 20.4 Å². The molecule has 0 bridgehead atoms. The number of methoxy groups -OCH3 is 1. The molecule has 7 heteroatoms. The van der Waals surface area contributed by atoms with E-state index >= 15 is 0 Å². The van der Waals surface area contributed by atoms with Crippen molar-refractivity contribution in [2.75, 3.05) is 19.9 Å². The Balaban J connectivity index is 0.000000437. The number of ether oxygens (including phenoxy) is 1. The molecule has 0 unspecified atom stereocenters. The van der Waals surface area contributed by atoms with Crippen molar-refractivity contribution in [2.45, 2.75) is 0 Å². The fraction of sp³-hybridized carbons (Fsp3) is 0.200. The maximum atomic E-state index is 11.2. The minimum Gasteiger partial charge on any atom is -0.465 e. The molecule has 0 spiro atoms. The Kier molecular flexibility index (Phi) is 4.15. The molecule has 0 aliphatic heterocycles. The monoisotopic (exact) mass is 236 g/mol. The molecule has 0 aliphatic rings. The number of carbonyl (C=O) groups is 1. The lowest BCUT2D eigenvalue weighted by Gasteiger charge is -2.02. The third-order valence-corrected chi connectivity index (χ3v) is 1.94. The lowest BCUT2D eigenvalue weighted by molar-refractivity contribution is -0.216. The van der Waals surface area contributed by atoms with E-state index in [1.807, 2.05) is 0 Å². The summed E-state index contributed by atoms with van der Waals surface area (Å²) >= 11 is 0. The van der Waals surface area contributed by atoms with E-state index in [0.29, 0.717) is 16.9 Å². The molecule has 2 aromatic heterocycles. The Hall–Kier alpha value is -2.44. The quantitative estimate of drug-likeness (QED) is 0.515. The standard InChI is InChI=1S/C9H9N3O2.CH4N2/c1-14-9(13)6-4-7(10)8-11-2-3-12(8)5-6;1-3-2/h2-5H,10H2,1H3;2H,1H3/p+1. The summed E-state index contributed by atoms with van der Waals surface area (Å²) in [6.45, 7) is 0. The Labute approximate surface area is 97.7 Å². The highest BCUT2D eigenvalue weighted by Gasteiger charge is 2.09. The van der Waals surface area contributed by atoms with Crippen LogP contribution in [-0.2, 0) is 4.74 Å². The van der Waals surface area contributed by atoms with Gasteiger partial charge in [-0.25, -0.2) is 9.78 Å². The van der Waals surface area contributed by atoms with Gasteiger partial charge in [-0.15, -0.1) is 0 Å². The topological polar surface area (TPSA) is 108 Å². The van der Waals surface area contributed by atoms with Gasteiger partial charge in [0, 0.05) is 18.6 Å². The first-order valence-corrected chi connectivity index (χ1v) is 4.73. The number of hydrogen-bond acceptors (Lipinski definition) is 5. The summed E-state index contributed by atoms with van der Waals surface area (Å²) in [7, 11) is 2.86. The highest BCUT2D eigenvalue weighted by atomic mass is 16.5. The van der Waals surface area contributed by atoms with Gasteiger partial charge in [0.1, 0.15) is 0 Å². The van der Waals surface area contributed by atoms with Gasteiger partial charge in [0.2, 0.25) is 0 Å². The highest BCUT2D eigenvalue weighted by Crippen LogP contribution is 2.14. The van der Waals surface area contributed by atoms with Crippen LogP contribution in [-0.4, -0.2) is 29.5 Å². The molecule has 2 rings (SSSR count). The molecular weight excluding hydrogens is 222 g/mol. The highest BCUT2D eigenvalue weighted by molar-refractivity contribution is 5.91. The molecule has 17 heavy (non-hydrogen) atoms. The predicted octanol–water partition coefficient (Wildman–Crippen LogP) is -0.469. The molecule has 0 aromatic carbocycles. The number of nitrogens with two attached hydrogens (primary N) is 2. The Morgan fingerprint density at radius 2 is 2.29 bits per heavy atom. The molecule has 0 saturated heterocycles. The maximum absolute atomic E-state index is 11.2. The number of aromatic nitrogens is 2. The van der Waals surface area contributed by atoms with E-state index in [9.17, 15) is 4.79 Å². The molecule has 0 aliphatic carbocycles. The first-order valence-electron chi connectivity index (χ1n) is 4.73. The van der Waals surface area contributed by atoms with Gasteiger partial charge in [0.15, 0.2) is 5.65 Å². The molecule has 0 fully saturated rings. The van der Waals surface area contributed by atoms with Crippen LogP contribution >= 0.6 is 0 Å². The fourth-order valence-corrected chi connectivity index (χ4v) is 1.29. The van der Waals surface area contributed by atoms with Crippen molar-refractivity contribution in [3.05, 3.63) is 30.2 Å². The number of anilines is 1. The summed E-state index contributed by atoms with van der Waals surface area (Å²) < 4.78 is 6.27. The van der Waals surface area contributed by atoms with Gasteiger partial charge in [0.25, 0.3) is 0 Å². The zero-order valence-corrected chi connectivity index (χ0v) is 9.62.